The highest BCUT2D eigenvalue weighted by molar-refractivity contribution is 6.46. The average molecular weight is 335 g/mol. The molecule has 6 heteroatoms. The molecule has 0 radical (unpaired) electrons. The number of benzene rings is 2. The maximum atomic E-state index is 11.2. The quantitative estimate of drug-likeness (QED) is 0.766. The van der Waals surface area contributed by atoms with Crippen LogP contribution in [-0.4, -0.2) is 5.91 Å². The first-order chi connectivity index (χ1) is 8.91. The van der Waals surface area contributed by atoms with E-state index >= 15 is 0 Å². The summed E-state index contributed by atoms with van der Waals surface area (Å²) in [5.41, 5.74) is 6.54. The van der Waals surface area contributed by atoms with Crippen molar-refractivity contribution in [1.29, 1.82) is 0 Å². The lowest BCUT2D eigenvalue weighted by atomic mass is 10.0. The maximum absolute atomic E-state index is 11.2. The van der Waals surface area contributed by atoms with Crippen LogP contribution >= 0.6 is 46.4 Å². The first kappa shape index (κ1) is 14.5. The molecule has 19 heavy (non-hydrogen) atoms. The van der Waals surface area contributed by atoms with E-state index < -0.39 is 5.91 Å². The van der Waals surface area contributed by atoms with Crippen molar-refractivity contribution in [1.82, 2.24) is 0 Å². The van der Waals surface area contributed by atoms with Crippen molar-refractivity contribution in [2.75, 3.05) is 0 Å². The number of carbonyl (C=O) groups is 1. The minimum absolute atomic E-state index is 0.276. The normalized spacial score (nSPS) is 10.5. The predicted octanol–water partition coefficient (Wildman–Crippen LogP) is 5.07. The summed E-state index contributed by atoms with van der Waals surface area (Å²) in [4.78, 5) is 11.2. The monoisotopic (exact) mass is 333 g/mol. The molecule has 0 bridgehead atoms. The Morgan fingerprint density at radius 2 is 1.47 bits per heavy atom. The van der Waals surface area contributed by atoms with Crippen molar-refractivity contribution in [3.63, 3.8) is 0 Å². The molecule has 0 aromatic heterocycles. The Bertz CT molecular complexity index is 670. The molecular formula is C13H7Cl4NO. The number of rotatable bonds is 2. The molecule has 0 atom stereocenters. The molecule has 0 unspecified atom stereocenters. The highest BCUT2D eigenvalue weighted by atomic mass is 35.5. The van der Waals surface area contributed by atoms with Crippen LogP contribution in [0.5, 0.6) is 0 Å². The molecule has 0 saturated heterocycles. The molecule has 2 aromatic rings. The lowest BCUT2D eigenvalue weighted by Crippen LogP contribution is -2.10. The van der Waals surface area contributed by atoms with Crippen LogP contribution in [0, 0.1) is 0 Å². The van der Waals surface area contributed by atoms with Gasteiger partial charge in [-0.05, 0) is 30.3 Å². The Kier molecular flexibility index (Phi) is 4.26. The summed E-state index contributed by atoms with van der Waals surface area (Å²) in [6.45, 7) is 0. The highest BCUT2D eigenvalue weighted by Crippen LogP contribution is 2.42. The average Bonchev–Trinajstić information content (AvgIpc) is 2.36. The minimum atomic E-state index is -0.563. The van der Waals surface area contributed by atoms with Crippen molar-refractivity contribution in [2.45, 2.75) is 0 Å². The second kappa shape index (κ2) is 5.59. The van der Waals surface area contributed by atoms with Crippen molar-refractivity contribution >= 4 is 52.3 Å². The number of nitrogens with two attached hydrogens (primary N) is 1. The van der Waals surface area contributed by atoms with Gasteiger partial charge in [0.15, 0.2) is 0 Å². The van der Waals surface area contributed by atoms with Gasteiger partial charge in [0.05, 0.1) is 15.1 Å². The second-order valence-electron chi connectivity index (χ2n) is 3.78. The van der Waals surface area contributed by atoms with E-state index in [0.29, 0.717) is 31.8 Å². The third-order valence-corrected chi connectivity index (χ3v) is 4.01. The fraction of sp³-hybridized carbons (Fsp3) is 0. The van der Waals surface area contributed by atoms with Gasteiger partial charge >= 0.3 is 0 Å². The highest BCUT2D eigenvalue weighted by Gasteiger charge is 2.16. The third-order valence-electron chi connectivity index (χ3n) is 2.56. The van der Waals surface area contributed by atoms with Crippen molar-refractivity contribution in [2.24, 2.45) is 5.73 Å². The molecule has 2 rings (SSSR count). The van der Waals surface area contributed by atoms with Crippen molar-refractivity contribution < 1.29 is 4.79 Å². The Balaban J connectivity index is 2.75. The van der Waals surface area contributed by atoms with Gasteiger partial charge in [0.2, 0.25) is 5.91 Å². The van der Waals surface area contributed by atoms with E-state index in [1.165, 1.54) is 12.1 Å². The van der Waals surface area contributed by atoms with Gasteiger partial charge in [0, 0.05) is 21.7 Å². The van der Waals surface area contributed by atoms with Crippen LogP contribution in [0.15, 0.2) is 30.3 Å². The molecule has 0 aliphatic rings. The minimum Gasteiger partial charge on any atom is -0.366 e. The number of primary amides is 1. The molecule has 2 aromatic carbocycles. The molecule has 0 spiro atoms. The van der Waals surface area contributed by atoms with E-state index in [-0.39, 0.29) is 5.02 Å². The van der Waals surface area contributed by atoms with Crippen LogP contribution in [0.3, 0.4) is 0 Å². The summed E-state index contributed by atoms with van der Waals surface area (Å²) in [6, 6.07) is 7.82. The number of hydrogen-bond donors (Lipinski definition) is 1. The Labute approximate surface area is 130 Å². The zero-order chi connectivity index (χ0) is 14.2. The summed E-state index contributed by atoms with van der Waals surface area (Å²) < 4.78 is 0. The molecule has 1 amide bonds. The standard InChI is InChI=1S/C13H7Cl4NO/c14-8-2-1-6(13(18)19)5-7(8)11-9(15)3-4-10(16)12(11)17/h1-5H,(H2,18,19). The lowest BCUT2D eigenvalue weighted by molar-refractivity contribution is 0.100. The summed E-state index contributed by atoms with van der Waals surface area (Å²) in [7, 11) is 0. The summed E-state index contributed by atoms with van der Waals surface area (Å²) in [5, 5.41) is 1.41. The van der Waals surface area contributed by atoms with E-state index in [2.05, 4.69) is 0 Å². The second-order valence-corrected chi connectivity index (χ2v) is 5.38. The van der Waals surface area contributed by atoms with Crippen molar-refractivity contribution in [3.8, 4) is 11.1 Å². The number of amides is 1. The Hall–Kier alpha value is -0.930. The van der Waals surface area contributed by atoms with Gasteiger partial charge in [0.1, 0.15) is 0 Å². The van der Waals surface area contributed by atoms with Crippen LogP contribution in [0.1, 0.15) is 10.4 Å². The molecule has 0 heterocycles. The van der Waals surface area contributed by atoms with Crippen LogP contribution < -0.4 is 5.73 Å². The van der Waals surface area contributed by atoms with E-state index in [1.807, 2.05) is 0 Å². The van der Waals surface area contributed by atoms with Gasteiger partial charge < -0.3 is 5.73 Å². The van der Waals surface area contributed by atoms with E-state index in [0.717, 1.165) is 0 Å². The maximum Gasteiger partial charge on any atom is 0.248 e. The van der Waals surface area contributed by atoms with Crippen LogP contribution in [-0.2, 0) is 0 Å². The molecule has 0 aliphatic carbocycles. The zero-order valence-corrected chi connectivity index (χ0v) is 12.4. The van der Waals surface area contributed by atoms with Crippen molar-refractivity contribution in [3.05, 3.63) is 56.0 Å². The Morgan fingerprint density at radius 1 is 0.895 bits per heavy atom. The largest absolute Gasteiger partial charge is 0.366 e. The van der Waals surface area contributed by atoms with Gasteiger partial charge in [-0.25, -0.2) is 0 Å². The predicted molar refractivity (Wildman–Crippen MR) is 80.4 cm³/mol. The fourth-order valence-electron chi connectivity index (χ4n) is 1.64. The van der Waals surface area contributed by atoms with Crippen LogP contribution in [0.4, 0.5) is 0 Å². The first-order valence-electron chi connectivity index (χ1n) is 5.15. The number of carbonyl (C=O) groups excluding carboxylic acids is 1. The van der Waals surface area contributed by atoms with Crippen LogP contribution in [0.2, 0.25) is 20.1 Å². The molecule has 98 valence electrons. The smallest absolute Gasteiger partial charge is 0.248 e. The third kappa shape index (κ3) is 2.82. The topological polar surface area (TPSA) is 43.1 Å². The summed E-state index contributed by atoms with van der Waals surface area (Å²) in [6.07, 6.45) is 0. The molecule has 0 fully saturated rings. The SMILES string of the molecule is NC(=O)c1ccc(Cl)c(-c2c(Cl)ccc(Cl)c2Cl)c1. The molecular weight excluding hydrogens is 328 g/mol. The molecule has 0 aliphatic heterocycles. The van der Waals surface area contributed by atoms with E-state index in [1.54, 1.807) is 18.2 Å². The van der Waals surface area contributed by atoms with E-state index in [4.69, 9.17) is 52.1 Å². The van der Waals surface area contributed by atoms with Gasteiger partial charge in [-0.1, -0.05) is 46.4 Å². The zero-order valence-electron chi connectivity index (χ0n) is 9.38. The molecule has 2 N–H and O–H groups in total. The number of hydrogen-bond acceptors (Lipinski definition) is 1. The first-order valence-corrected chi connectivity index (χ1v) is 6.66. The van der Waals surface area contributed by atoms with Gasteiger partial charge in [-0.2, -0.15) is 0 Å². The Morgan fingerprint density at radius 3 is 2.11 bits per heavy atom. The lowest BCUT2D eigenvalue weighted by Gasteiger charge is -2.11. The summed E-state index contributed by atoms with van der Waals surface area (Å²) >= 11 is 24.4. The number of halogens is 4. The van der Waals surface area contributed by atoms with E-state index in [9.17, 15) is 4.79 Å². The fourth-order valence-corrected chi connectivity index (χ4v) is 2.59. The van der Waals surface area contributed by atoms with Crippen LogP contribution in [0.25, 0.3) is 11.1 Å². The summed E-state index contributed by atoms with van der Waals surface area (Å²) in [5.74, 6) is -0.563. The molecule has 0 saturated carbocycles. The van der Waals surface area contributed by atoms with Gasteiger partial charge in [-0.15, -0.1) is 0 Å². The van der Waals surface area contributed by atoms with Gasteiger partial charge in [-0.3, -0.25) is 4.79 Å². The van der Waals surface area contributed by atoms with Gasteiger partial charge in [0.25, 0.3) is 0 Å². The molecule has 2 nitrogen and oxygen atoms in total.